The number of hydrogen-bond acceptors (Lipinski definition) is 4. The molecule has 5 heteroatoms. The summed E-state index contributed by atoms with van der Waals surface area (Å²) >= 11 is 0. The smallest absolute Gasteiger partial charge is 0.259 e. The highest BCUT2D eigenvalue weighted by Gasteiger charge is 2.30. The number of carbonyl (C=O) groups excluding carboxylic acids is 1. The van der Waals surface area contributed by atoms with Gasteiger partial charge in [-0.2, -0.15) is 0 Å². The van der Waals surface area contributed by atoms with Crippen LogP contribution in [0, 0.1) is 6.92 Å². The lowest BCUT2D eigenvalue weighted by molar-refractivity contribution is 0.0626. The van der Waals surface area contributed by atoms with Crippen LogP contribution in [-0.4, -0.2) is 35.0 Å². The molecule has 0 fully saturated rings. The molecule has 0 saturated carbocycles. The zero-order valence-electron chi connectivity index (χ0n) is 15.7. The van der Waals surface area contributed by atoms with Crippen LogP contribution in [0.15, 0.2) is 72.8 Å². The Balaban J connectivity index is 1.59. The van der Waals surface area contributed by atoms with Gasteiger partial charge in [0.15, 0.2) is 6.10 Å². The van der Waals surface area contributed by atoms with Gasteiger partial charge < -0.3 is 14.4 Å². The minimum absolute atomic E-state index is 0.0754. The van der Waals surface area contributed by atoms with Crippen molar-refractivity contribution in [3.63, 3.8) is 0 Å². The number of para-hydroxylation sites is 1. The standard InChI is InChI=1S/C23H22N2O3/c1-17-12-13-21-22(24-17)28-20(16-27-19-10-6-3-7-11-19)15-25(23(21)26)14-18-8-4-2-5-9-18/h2-13,20H,14-16H2,1H3. The maximum Gasteiger partial charge on any atom is 0.259 e. The van der Waals surface area contributed by atoms with Crippen LogP contribution in [0.3, 0.4) is 0 Å². The van der Waals surface area contributed by atoms with Crippen molar-refractivity contribution in [2.75, 3.05) is 13.2 Å². The van der Waals surface area contributed by atoms with Crippen molar-refractivity contribution in [1.82, 2.24) is 9.88 Å². The SMILES string of the molecule is Cc1ccc2c(n1)OC(COc1ccccc1)CN(Cc1ccccc1)C2=O. The Morgan fingerprint density at radius 3 is 2.50 bits per heavy atom. The number of aryl methyl sites for hydroxylation is 1. The second-order valence-electron chi connectivity index (χ2n) is 6.84. The fraction of sp³-hybridized carbons (Fsp3) is 0.217. The minimum atomic E-state index is -0.316. The van der Waals surface area contributed by atoms with Gasteiger partial charge in [0.25, 0.3) is 5.91 Å². The first-order valence-corrected chi connectivity index (χ1v) is 9.34. The van der Waals surface area contributed by atoms with Crippen molar-refractivity contribution in [3.05, 3.63) is 89.6 Å². The number of benzene rings is 2. The summed E-state index contributed by atoms with van der Waals surface area (Å²) in [6, 6.07) is 23.2. The first-order chi connectivity index (χ1) is 13.7. The van der Waals surface area contributed by atoms with Gasteiger partial charge in [-0.15, -0.1) is 0 Å². The first-order valence-electron chi connectivity index (χ1n) is 9.34. The van der Waals surface area contributed by atoms with Crippen LogP contribution in [-0.2, 0) is 6.54 Å². The Bertz CT molecular complexity index is 945. The van der Waals surface area contributed by atoms with Crippen molar-refractivity contribution in [2.24, 2.45) is 0 Å². The summed E-state index contributed by atoms with van der Waals surface area (Å²) in [4.78, 5) is 19.4. The van der Waals surface area contributed by atoms with Gasteiger partial charge in [-0.1, -0.05) is 48.5 Å². The van der Waals surface area contributed by atoms with Gasteiger partial charge in [-0.05, 0) is 36.8 Å². The molecule has 3 aromatic rings. The molecule has 1 unspecified atom stereocenters. The maximum atomic E-state index is 13.1. The molecule has 1 aliphatic rings. The summed E-state index contributed by atoms with van der Waals surface area (Å²) in [6.45, 7) is 3.15. The van der Waals surface area contributed by atoms with E-state index in [4.69, 9.17) is 9.47 Å². The van der Waals surface area contributed by atoms with E-state index in [-0.39, 0.29) is 12.0 Å². The summed E-state index contributed by atoms with van der Waals surface area (Å²) in [7, 11) is 0. The predicted octanol–water partition coefficient (Wildman–Crippen LogP) is 3.87. The van der Waals surface area contributed by atoms with E-state index in [9.17, 15) is 4.79 Å². The largest absolute Gasteiger partial charge is 0.490 e. The highest BCUT2D eigenvalue weighted by Crippen LogP contribution is 2.25. The molecule has 1 amide bonds. The van der Waals surface area contributed by atoms with E-state index < -0.39 is 0 Å². The second kappa shape index (κ2) is 8.13. The fourth-order valence-electron chi connectivity index (χ4n) is 3.21. The van der Waals surface area contributed by atoms with Gasteiger partial charge in [-0.3, -0.25) is 4.79 Å². The topological polar surface area (TPSA) is 51.7 Å². The first kappa shape index (κ1) is 18.0. The average molecular weight is 374 g/mol. The molecule has 142 valence electrons. The lowest BCUT2D eigenvalue weighted by Crippen LogP contribution is -2.39. The Labute approximate surface area is 164 Å². The number of fused-ring (bicyclic) bond motifs is 1. The van der Waals surface area contributed by atoms with E-state index in [2.05, 4.69) is 4.98 Å². The quantitative estimate of drug-likeness (QED) is 0.680. The molecule has 28 heavy (non-hydrogen) atoms. The summed E-state index contributed by atoms with van der Waals surface area (Å²) in [6.07, 6.45) is -0.316. The molecule has 0 spiro atoms. The highest BCUT2D eigenvalue weighted by molar-refractivity contribution is 5.96. The third kappa shape index (κ3) is 4.14. The molecule has 0 bridgehead atoms. The fourth-order valence-corrected chi connectivity index (χ4v) is 3.21. The van der Waals surface area contributed by atoms with Crippen molar-refractivity contribution in [2.45, 2.75) is 19.6 Å². The van der Waals surface area contributed by atoms with E-state index in [1.165, 1.54) is 0 Å². The number of rotatable bonds is 5. The maximum absolute atomic E-state index is 13.1. The summed E-state index contributed by atoms with van der Waals surface area (Å²) < 4.78 is 12.0. The molecule has 0 aliphatic carbocycles. The molecule has 2 aromatic carbocycles. The molecule has 1 aliphatic heterocycles. The van der Waals surface area contributed by atoms with Crippen molar-refractivity contribution in [1.29, 1.82) is 0 Å². The van der Waals surface area contributed by atoms with Crippen LogP contribution < -0.4 is 9.47 Å². The molecule has 2 heterocycles. The monoisotopic (exact) mass is 374 g/mol. The Kier molecular flexibility index (Phi) is 5.24. The van der Waals surface area contributed by atoms with Crippen molar-refractivity contribution >= 4 is 5.91 Å². The predicted molar refractivity (Wildman–Crippen MR) is 107 cm³/mol. The number of pyridine rings is 1. The van der Waals surface area contributed by atoms with Crippen molar-refractivity contribution in [3.8, 4) is 11.6 Å². The van der Waals surface area contributed by atoms with Crippen LogP contribution in [0.1, 0.15) is 21.6 Å². The number of nitrogens with zero attached hydrogens (tertiary/aromatic N) is 2. The van der Waals surface area contributed by atoms with Crippen LogP contribution in [0.5, 0.6) is 11.6 Å². The van der Waals surface area contributed by atoms with E-state index >= 15 is 0 Å². The number of amides is 1. The molecule has 1 aromatic heterocycles. The molecule has 5 nitrogen and oxygen atoms in total. The normalized spacial score (nSPS) is 16.1. The van der Waals surface area contributed by atoms with Crippen molar-refractivity contribution < 1.29 is 14.3 Å². The Morgan fingerprint density at radius 1 is 1.04 bits per heavy atom. The average Bonchev–Trinajstić information content (AvgIpc) is 2.84. The zero-order chi connectivity index (χ0) is 19.3. The van der Waals surface area contributed by atoms with E-state index in [0.717, 1.165) is 17.0 Å². The summed E-state index contributed by atoms with van der Waals surface area (Å²) in [5.41, 5.74) is 2.37. The van der Waals surface area contributed by atoms with Gasteiger partial charge in [0.1, 0.15) is 17.9 Å². The van der Waals surface area contributed by atoms with Crippen LogP contribution in [0.2, 0.25) is 0 Å². The molecular formula is C23H22N2O3. The number of hydrogen-bond donors (Lipinski definition) is 0. The Morgan fingerprint density at radius 2 is 1.75 bits per heavy atom. The van der Waals surface area contributed by atoms with Gasteiger partial charge in [0.05, 0.1) is 6.54 Å². The molecule has 4 rings (SSSR count). The van der Waals surface area contributed by atoms with Crippen LogP contribution in [0.4, 0.5) is 0 Å². The van der Waals surface area contributed by atoms with E-state index in [1.54, 1.807) is 11.0 Å². The van der Waals surface area contributed by atoms with Crippen LogP contribution >= 0.6 is 0 Å². The van der Waals surface area contributed by atoms with E-state index in [1.807, 2.05) is 73.7 Å². The number of aromatic nitrogens is 1. The molecule has 1 atom stereocenters. The minimum Gasteiger partial charge on any atom is -0.490 e. The zero-order valence-corrected chi connectivity index (χ0v) is 15.7. The van der Waals surface area contributed by atoms with Gasteiger partial charge in [0.2, 0.25) is 5.88 Å². The molecule has 0 radical (unpaired) electrons. The molecular weight excluding hydrogens is 352 g/mol. The Hall–Kier alpha value is -3.34. The summed E-state index contributed by atoms with van der Waals surface area (Å²) in [5.74, 6) is 1.07. The van der Waals surface area contributed by atoms with Gasteiger partial charge in [-0.25, -0.2) is 4.98 Å². The highest BCUT2D eigenvalue weighted by atomic mass is 16.5. The molecule has 0 N–H and O–H groups in total. The van der Waals surface area contributed by atoms with Gasteiger partial charge in [0, 0.05) is 12.2 Å². The number of carbonyl (C=O) groups is 1. The second-order valence-corrected chi connectivity index (χ2v) is 6.84. The van der Waals surface area contributed by atoms with Crippen LogP contribution in [0.25, 0.3) is 0 Å². The molecule has 0 saturated heterocycles. The number of ether oxygens (including phenoxy) is 2. The third-order valence-corrected chi connectivity index (χ3v) is 4.61. The lowest BCUT2D eigenvalue weighted by atomic mass is 10.1. The third-order valence-electron chi connectivity index (χ3n) is 4.61. The summed E-state index contributed by atoms with van der Waals surface area (Å²) in [5, 5.41) is 0. The lowest BCUT2D eigenvalue weighted by Gasteiger charge is -2.24. The van der Waals surface area contributed by atoms with E-state index in [0.29, 0.717) is 31.1 Å². The van der Waals surface area contributed by atoms with Gasteiger partial charge >= 0.3 is 0 Å².